The summed E-state index contributed by atoms with van der Waals surface area (Å²) in [7, 11) is 1.74. The van der Waals surface area contributed by atoms with E-state index in [1.165, 1.54) is 6.07 Å². The maximum atomic E-state index is 12.6. The molecule has 0 saturated carbocycles. The quantitative estimate of drug-likeness (QED) is 0.618. The van der Waals surface area contributed by atoms with Gasteiger partial charge in [0.05, 0.1) is 10.5 Å². The minimum Gasteiger partial charge on any atom is -0.379 e. The van der Waals surface area contributed by atoms with Crippen LogP contribution in [0, 0.1) is 10.1 Å². The van der Waals surface area contributed by atoms with Gasteiger partial charge >= 0.3 is 0 Å². The number of hydrogen-bond acceptors (Lipinski definition) is 4. The van der Waals surface area contributed by atoms with Crippen LogP contribution in [0.2, 0.25) is 0 Å². The third-order valence-electron chi connectivity index (χ3n) is 3.63. The average Bonchev–Trinajstić information content (AvgIpc) is 2.47. The fourth-order valence-corrected chi connectivity index (χ4v) is 2.43. The van der Waals surface area contributed by atoms with Crippen molar-refractivity contribution in [3.63, 3.8) is 0 Å². The predicted octanol–water partition coefficient (Wildman–Crippen LogP) is 3.29. The molecule has 0 saturated heterocycles. The van der Waals surface area contributed by atoms with Crippen molar-refractivity contribution in [2.75, 3.05) is 18.9 Å². The van der Waals surface area contributed by atoms with Gasteiger partial charge in [0.15, 0.2) is 0 Å². The molecule has 0 spiro atoms. The Morgan fingerprint density at radius 1 is 1.33 bits per heavy atom. The summed E-state index contributed by atoms with van der Waals surface area (Å²) in [5, 5.41) is 14.1. The van der Waals surface area contributed by atoms with Crippen molar-refractivity contribution in [3.05, 3.63) is 33.9 Å². The number of rotatable bonds is 7. The van der Waals surface area contributed by atoms with Gasteiger partial charge in [-0.2, -0.15) is 0 Å². The van der Waals surface area contributed by atoms with Crippen molar-refractivity contribution in [3.8, 4) is 0 Å². The standard InChI is InChI=1S/C15H23N3O3/c1-5-11(6-2)17(4)15(19)12-9-8-10-13(18(20)21)14(12)16-7-3/h8-11,16H,5-7H2,1-4H3. The minimum atomic E-state index is -0.466. The van der Waals surface area contributed by atoms with Gasteiger partial charge in [-0.3, -0.25) is 14.9 Å². The fraction of sp³-hybridized carbons (Fsp3) is 0.533. The Bertz CT molecular complexity index is 513. The largest absolute Gasteiger partial charge is 0.379 e. The molecule has 0 heterocycles. The van der Waals surface area contributed by atoms with Crippen molar-refractivity contribution in [1.82, 2.24) is 4.90 Å². The number of amides is 1. The lowest BCUT2D eigenvalue weighted by atomic mass is 10.1. The van der Waals surface area contributed by atoms with Crippen LogP contribution in [0.5, 0.6) is 0 Å². The van der Waals surface area contributed by atoms with E-state index in [1.807, 2.05) is 20.8 Å². The maximum absolute atomic E-state index is 12.6. The van der Waals surface area contributed by atoms with Crippen LogP contribution in [0.4, 0.5) is 11.4 Å². The van der Waals surface area contributed by atoms with E-state index in [0.717, 1.165) is 12.8 Å². The molecule has 21 heavy (non-hydrogen) atoms. The lowest BCUT2D eigenvalue weighted by molar-refractivity contribution is -0.384. The van der Waals surface area contributed by atoms with Crippen LogP contribution >= 0.6 is 0 Å². The molecule has 1 aromatic rings. The zero-order chi connectivity index (χ0) is 16.0. The monoisotopic (exact) mass is 293 g/mol. The van der Waals surface area contributed by atoms with Gasteiger partial charge in [0, 0.05) is 25.7 Å². The Hall–Kier alpha value is -2.11. The molecule has 0 bridgehead atoms. The summed E-state index contributed by atoms with van der Waals surface area (Å²) in [4.78, 5) is 25.0. The molecule has 116 valence electrons. The third-order valence-corrected chi connectivity index (χ3v) is 3.63. The van der Waals surface area contributed by atoms with Gasteiger partial charge in [-0.1, -0.05) is 19.9 Å². The summed E-state index contributed by atoms with van der Waals surface area (Å²) < 4.78 is 0. The number of nitrogens with one attached hydrogen (secondary N) is 1. The molecule has 1 N–H and O–H groups in total. The number of anilines is 1. The normalized spacial score (nSPS) is 10.5. The van der Waals surface area contributed by atoms with Gasteiger partial charge in [-0.25, -0.2) is 0 Å². The number of nitro benzene ring substituents is 1. The summed E-state index contributed by atoms with van der Waals surface area (Å²) >= 11 is 0. The van der Waals surface area contributed by atoms with Gasteiger partial charge in [-0.15, -0.1) is 0 Å². The Labute approximate surface area is 125 Å². The van der Waals surface area contributed by atoms with Gasteiger partial charge in [-0.05, 0) is 25.8 Å². The Balaban J connectivity index is 3.25. The molecule has 0 fully saturated rings. The summed E-state index contributed by atoms with van der Waals surface area (Å²) in [6.07, 6.45) is 1.70. The SMILES string of the molecule is CCNc1c(C(=O)N(C)C(CC)CC)cccc1[N+](=O)[O-]. The zero-order valence-electron chi connectivity index (χ0n) is 13.0. The molecule has 0 radical (unpaired) electrons. The van der Waals surface area contributed by atoms with Crippen LogP contribution in [0.3, 0.4) is 0 Å². The van der Waals surface area contributed by atoms with Gasteiger partial charge < -0.3 is 10.2 Å². The second-order valence-corrected chi connectivity index (χ2v) is 4.87. The molecule has 6 nitrogen and oxygen atoms in total. The molecule has 0 aromatic heterocycles. The van der Waals surface area contributed by atoms with E-state index < -0.39 is 4.92 Å². The van der Waals surface area contributed by atoms with Crippen LogP contribution in [0.1, 0.15) is 44.0 Å². The maximum Gasteiger partial charge on any atom is 0.293 e. The van der Waals surface area contributed by atoms with Crippen LogP contribution in [0.25, 0.3) is 0 Å². The first-order valence-corrected chi connectivity index (χ1v) is 7.26. The molecule has 0 unspecified atom stereocenters. The lowest BCUT2D eigenvalue weighted by Crippen LogP contribution is -2.36. The number of nitro groups is 1. The van der Waals surface area contributed by atoms with Gasteiger partial charge in [0.1, 0.15) is 5.69 Å². The van der Waals surface area contributed by atoms with E-state index in [2.05, 4.69) is 5.32 Å². The number of benzene rings is 1. The number of carbonyl (C=O) groups excluding carboxylic acids is 1. The van der Waals surface area contributed by atoms with E-state index in [1.54, 1.807) is 24.1 Å². The highest BCUT2D eigenvalue weighted by molar-refractivity contribution is 6.01. The summed E-state index contributed by atoms with van der Waals surface area (Å²) in [6, 6.07) is 4.72. The average molecular weight is 293 g/mol. The molecule has 0 atom stereocenters. The topological polar surface area (TPSA) is 75.5 Å². The predicted molar refractivity (Wildman–Crippen MR) is 83.7 cm³/mol. The highest BCUT2D eigenvalue weighted by atomic mass is 16.6. The van der Waals surface area contributed by atoms with E-state index in [0.29, 0.717) is 17.8 Å². The number of para-hydroxylation sites is 1. The first-order chi connectivity index (χ1) is 9.97. The second kappa shape index (κ2) is 7.61. The van der Waals surface area contributed by atoms with Gasteiger partial charge in [0.25, 0.3) is 11.6 Å². The third kappa shape index (κ3) is 3.71. The fourth-order valence-electron chi connectivity index (χ4n) is 2.43. The number of carbonyl (C=O) groups is 1. The molecule has 1 rings (SSSR count). The summed E-state index contributed by atoms with van der Waals surface area (Å²) in [6.45, 7) is 6.41. The van der Waals surface area contributed by atoms with E-state index in [9.17, 15) is 14.9 Å². The molecule has 0 aliphatic heterocycles. The lowest BCUT2D eigenvalue weighted by Gasteiger charge is -2.27. The minimum absolute atomic E-state index is 0.0688. The van der Waals surface area contributed by atoms with Crippen LogP contribution < -0.4 is 5.32 Å². The summed E-state index contributed by atoms with van der Waals surface area (Å²) in [5.41, 5.74) is 0.578. The number of hydrogen-bond donors (Lipinski definition) is 1. The second-order valence-electron chi connectivity index (χ2n) is 4.87. The molecule has 1 amide bonds. The van der Waals surface area contributed by atoms with Crippen molar-refractivity contribution in [2.45, 2.75) is 39.7 Å². The highest BCUT2D eigenvalue weighted by Crippen LogP contribution is 2.29. The van der Waals surface area contributed by atoms with Crippen molar-refractivity contribution >= 4 is 17.3 Å². The molecule has 0 aliphatic rings. The Morgan fingerprint density at radius 3 is 2.43 bits per heavy atom. The molecular formula is C15H23N3O3. The van der Waals surface area contributed by atoms with Crippen LogP contribution in [0.15, 0.2) is 18.2 Å². The van der Waals surface area contributed by atoms with E-state index in [-0.39, 0.29) is 17.6 Å². The first-order valence-electron chi connectivity index (χ1n) is 7.26. The molecule has 0 aliphatic carbocycles. The van der Waals surface area contributed by atoms with Crippen molar-refractivity contribution in [1.29, 1.82) is 0 Å². The smallest absolute Gasteiger partial charge is 0.293 e. The van der Waals surface area contributed by atoms with Crippen molar-refractivity contribution in [2.24, 2.45) is 0 Å². The van der Waals surface area contributed by atoms with Crippen LogP contribution in [-0.4, -0.2) is 35.4 Å². The van der Waals surface area contributed by atoms with E-state index in [4.69, 9.17) is 0 Å². The van der Waals surface area contributed by atoms with E-state index >= 15 is 0 Å². The Morgan fingerprint density at radius 2 is 1.95 bits per heavy atom. The van der Waals surface area contributed by atoms with Crippen LogP contribution in [-0.2, 0) is 0 Å². The van der Waals surface area contributed by atoms with Gasteiger partial charge in [0.2, 0.25) is 0 Å². The first kappa shape index (κ1) is 16.9. The summed E-state index contributed by atoms with van der Waals surface area (Å²) in [5.74, 6) is -0.191. The Kier molecular flexibility index (Phi) is 6.14. The zero-order valence-corrected chi connectivity index (χ0v) is 13.0. The highest BCUT2D eigenvalue weighted by Gasteiger charge is 2.25. The molecular weight excluding hydrogens is 270 g/mol. The number of nitrogens with zero attached hydrogens (tertiary/aromatic N) is 2. The van der Waals surface area contributed by atoms with Crippen molar-refractivity contribution < 1.29 is 9.72 Å². The molecule has 1 aromatic carbocycles. The molecule has 6 heteroatoms.